The molecule has 5 nitrogen and oxygen atoms in total. The smallest absolute Gasteiger partial charge is 0.270 e. The summed E-state index contributed by atoms with van der Waals surface area (Å²) in [4.78, 5) is 15.6. The summed E-state index contributed by atoms with van der Waals surface area (Å²) in [6.45, 7) is 4.17. The zero-order valence-corrected chi connectivity index (χ0v) is 11.8. The van der Waals surface area contributed by atoms with Gasteiger partial charge in [-0.3, -0.25) is 10.1 Å². The molecule has 1 aromatic heterocycles. The van der Waals surface area contributed by atoms with Crippen LogP contribution in [0.1, 0.15) is 25.5 Å². The maximum atomic E-state index is 10.8. The summed E-state index contributed by atoms with van der Waals surface area (Å²) in [5.41, 5.74) is 1.12. The minimum absolute atomic E-state index is 0.110. The Balaban J connectivity index is 2.33. The number of nitrogens with zero attached hydrogens (tertiary/aromatic N) is 3. The first-order valence-electron chi connectivity index (χ1n) is 5.92. The van der Waals surface area contributed by atoms with Crippen molar-refractivity contribution < 1.29 is 4.92 Å². The monoisotopic (exact) mass is 277 g/mol. The standard InChI is InChI=1S/C13H15N3O2S/c1-9(2)12-13(15(3)8-14-12)19-11-6-4-5-10(7-11)16(17)18/h4-9H,1-3H3. The van der Waals surface area contributed by atoms with Gasteiger partial charge < -0.3 is 4.57 Å². The Morgan fingerprint density at radius 3 is 2.79 bits per heavy atom. The maximum Gasteiger partial charge on any atom is 0.270 e. The van der Waals surface area contributed by atoms with Crippen LogP contribution in [-0.4, -0.2) is 14.5 Å². The molecule has 100 valence electrons. The third-order valence-corrected chi connectivity index (χ3v) is 3.88. The normalized spacial score (nSPS) is 10.9. The molecular formula is C13H15N3O2S. The van der Waals surface area contributed by atoms with Crippen molar-refractivity contribution in [3.05, 3.63) is 46.4 Å². The average molecular weight is 277 g/mol. The lowest BCUT2D eigenvalue weighted by molar-refractivity contribution is -0.385. The van der Waals surface area contributed by atoms with Gasteiger partial charge in [-0.15, -0.1) is 0 Å². The van der Waals surface area contributed by atoms with Crippen LogP contribution in [0.15, 0.2) is 40.5 Å². The number of rotatable bonds is 4. The molecule has 19 heavy (non-hydrogen) atoms. The van der Waals surface area contributed by atoms with E-state index in [4.69, 9.17) is 0 Å². The Morgan fingerprint density at radius 1 is 1.42 bits per heavy atom. The van der Waals surface area contributed by atoms with E-state index in [-0.39, 0.29) is 10.6 Å². The van der Waals surface area contributed by atoms with Crippen molar-refractivity contribution >= 4 is 17.4 Å². The predicted molar refractivity (Wildman–Crippen MR) is 74.5 cm³/mol. The van der Waals surface area contributed by atoms with Crippen LogP contribution >= 0.6 is 11.8 Å². The van der Waals surface area contributed by atoms with E-state index in [0.717, 1.165) is 15.6 Å². The molecule has 0 bridgehead atoms. The van der Waals surface area contributed by atoms with Crippen LogP contribution in [0.2, 0.25) is 0 Å². The van der Waals surface area contributed by atoms with E-state index in [1.54, 1.807) is 18.5 Å². The van der Waals surface area contributed by atoms with Gasteiger partial charge in [0.15, 0.2) is 0 Å². The van der Waals surface area contributed by atoms with Crippen molar-refractivity contribution in [2.24, 2.45) is 7.05 Å². The fourth-order valence-electron chi connectivity index (χ4n) is 1.73. The molecular weight excluding hydrogens is 262 g/mol. The molecule has 1 aromatic carbocycles. The second-order valence-corrected chi connectivity index (χ2v) is 5.62. The molecule has 0 amide bonds. The topological polar surface area (TPSA) is 61.0 Å². The summed E-state index contributed by atoms with van der Waals surface area (Å²) in [5.74, 6) is 0.322. The highest BCUT2D eigenvalue weighted by atomic mass is 32.2. The number of non-ortho nitro benzene ring substituents is 1. The molecule has 0 fully saturated rings. The van der Waals surface area contributed by atoms with Crippen molar-refractivity contribution in [2.45, 2.75) is 29.7 Å². The van der Waals surface area contributed by atoms with Crippen LogP contribution in [0.4, 0.5) is 5.69 Å². The van der Waals surface area contributed by atoms with E-state index in [0.29, 0.717) is 5.92 Å². The summed E-state index contributed by atoms with van der Waals surface area (Å²) >= 11 is 1.50. The van der Waals surface area contributed by atoms with Gasteiger partial charge in [-0.25, -0.2) is 4.98 Å². The average Bonchev–Trinajstić information content (AvgIpc) is 2.71. The molecule has 0 atom stereocenters. The third-order valence-electron chi connectivity index (χ3n) is 2.70. The summed E-state index contributed by atoms with van der Waals surface area (Å²) in [7, 11) is 1.93. The minimum Gasteiger partial charge on any atom is -0.328 e. The van der Waals surface area contributed by atoms with E-state index in [1.165, 1.54) is 17.8 Å². The zero-order chi connectivity index (χ0) is 14.0. The van der Waals surface area contributed by atoms with Gasteiger partial charge in [0.1, 0.15) is 5.03 Å². The van der Waals surface area contributed by atoms with Gasteiger partial charge in [0.25, 0.3) is 5.69 Å². The zero-order valence-electron chi connectivity index (χ0n) is 11.0. The molecule has 0 radical (unpaired) electrons. The number of nitro groups is 1. The maximum absolute atomic E-state index is 10.8. The van der Waals surface area contributed by atoms with E-state index < -0.39 is 0 Å². The van der Waals surface area contributed by atoms with Gasteiger partial charge in [0.2, 0.25) is 0 Å². The Kier molecular flexibility index (Phi) is 3.90. The van der Waals surface area contributed by atoms with Gasteiger partial charge in [0.05, 0.1) is 16.9 Å². The second kappa shape index (κ2) is 5.44. The molecule has 0 aliphatic rings. The van der Waals surface area contributed by atoms with Gasteiger partial charge in [-0.2, -0.15) is 0 Å². The van der Waals surface area contributed by atoms with Crippen LogP contribution in [0.3, 0.4) is 0 Å². The summed E-state index contributed by atoms with van der Waals surface area (Å²) in [5, 5.41) is 11.8. The molecule has 2 aromatic rings. The first kappa shape index (κ1) is 13.6. The number of hydrogen-bond donors (Lipinski definition) is 0. The molecule has 0 spiro atoms. The Bertz CT molecular complexity index is 608. The third kappa shape index (κ3) is 2.96. The largest absolute Gasteiger partial charge is 0.328 e. The fourth-order valence-corrected chi connectivity index (χ4v) is 2.86. The van der Waals surface area contributed by atoms with Crippen LogP contribution in [-0.2, 0) is 7.05 Å². The van der Waals surface area contributed by atoms with Crippen molar-refractivity contribution in [1.82, 2.24) is 9.55 Å². The van der Waals surface area contributed by atoms with Crippen LogP contribution < -0.4 is 0 Å². The molecule has 0 saturated carbocycles. The Labute approximate surface area is 115 Å². The highest BCUT2D eigenvalue weighted by molar-refractivity contribution is 7.99. The van der Waals surface area contributed by atoms with Crippen LogP contribution in [0.25, 0.3) is 0 Å². The van der Waals surface area contributed by atoms with Crippen molar-refractivity contribution in [3.8, 4) is 0 Å². The fraction of sp³-hybridized carbons (Fsp3) is 0.308. The Hall–Kier alpha value is -1.82. The minimum atomic E-state index is -0.378. The summed E-state index contributed by atoms with van der Waals surface area (Å²) < 4.78 is 1.94. The van der Waals surface area contributed by atoms with E-state index in [9.17, 15) is 10.1 Å². The van der Waals surface area contributed by atoms with Crippen molar-refractivity contribution in [1.29, 1.82) is 0 Å². The molecule has 0 unspecified atom stereocenters. The summed E-state index contributed by atoms with van der Waals surface area (Å²) in [6.07, 6.45) is 1.77. The lowest BCUT2D eigenvalue weighted by Gasteiger charge is -2.07. The quantitative estimate of drug-likeness (QED) is 0.632. The molecule has 0 aliphatic carbocycles. The highest BCUT2D eigenvalue weighted by Gasteiger charge is 2.15. The number of hydrogen-bond acceptors (Lipinski definition) is 4. The number of imidazole rings is 1. The lowest BCUT2D eigenvalue weighted by Crippen LogP contribution is -1.94. The van der Waals surface area contributed by atoms with E-state index in [2.05, 4.69) is 18.8 Å². The first-order chi connectivity index (χ1) is 8.99. The molecule has 1 heterocycles. The Morgan fingerprint density at radius 2 is 2.16 bits per heavy atom. The van der Waals surface area contributed by atoms with E-state index >= 15 is 0 Å². The first-order valence-corrected chi connectivity index (χ1v) is 6.74. The highest BCUT2D eigenvalue weighted by Crippen LogP contribution is 2.34. The van der Waals surface area contributed by atoms with Gasteiger partial charge in [-0.1, -0.05) is 31.7 Å². The molecule has 2 rings (SSSR count). The SMILES string of the molecule is CC(C)c1ncn(C)c1Sc1cccc([N+](=O)[O-])c1. The van der Waals surface area contributed by atoms with Gasteiger partial charge >= 0.3 is 0 Å². The van der Waals surface area contributed by atoms with Crippen molar-refractivity contribution in [3.63, 3.8) is 0 Å². The molecule has 0 N–H and O–H groups in total. The molecule has 0 saturated heterocycles. The number of benzene rings is 1. The van der Waals surface area contributed by atoms with Gasteiger partial charge in [0, 0.05) is 24.1 Å². The summed E-state index contributed by atoms with van der Waals surface area (Å²) in [6, 6.07) is 6.65. The number of nitro benzene ring substituents is 1. The van der Waals surface area contributed by atoms with Gasteiger partial charge in [-0.05, 0) is 12.0 Å². The number of aryl methyl sites for hydroxylation is 1. The van der Waals surface area contributed by atoms with E-state index in [1.807, 2.05) is 17.7 Å². The van der Waals surface area contributed by atoms with Crippen LogP contribution in [0.5, 0.6) is 0 Å². The van der Waals surface area contributed by atoms with Crippen LogP contribution in [0, 0.1) is 10.1 Å². The van der Waals surface area contributed by atoms with Crippen molar-refractivity contribution in [2.75, 3.05) is 0 Å². The molecule has 0 aliphatic heterocycles. The molecule has 6 heteroatoms. The lowest BCUT2D eigenvalue weighted by atomic mass is 10.2. The number of aromatic nitrogens is 2. The predicted octanol–water partition coefficient (Wildman–Crippen LogP) is 3.60. The second-order valence-electron chi connectivity index (χ2n) is 4.56.